The molecule has 2 amide bonds. The highest BCUT2D eigenvalue weighted by Gasteiger charge is 2.44. The molecule has 0 heterocycles. The lowest BCUT2D eigenvalue weighted by Gasteiger charge is -2.17. The van der Waals surface area contributed by atoms with Gasteiger partial charge in [0.2, 0.25) is 0 Å². The number of nitrogens with one attached hydrogen (secondary N) is 2. The van der Waals surface area contributed by atoms with Crippen molar-refractivity contribution in [1.82, 2.24) is 5.32 Å². The first-order chi connectivity index (χ1) is 10.6. The number of urea groups is 1. The molecule has 0 aromatic heterocycles. The predicted molar refractivity (Wildman–Crippen MR) is 85.8 cm³/mol. The Morgan fingerprint density at radius 2 is 1.73 bits per heavy atom. The summed E-state index contributed by atoms with van der Waals surface area (Å²) < 4.78 is 13.0. The highest BCUT2D eigenvalue weighted by atomic mass is 35.5. The molecule has 0 spiro atoms. The van der Waals surface area contributed by atoms with E-state index >= 15 is 0 Å². The van der Waals surface area contributed by atoms with E-state index in [2.05, 4.69) is 10.6 Å². The third-order valence-electron chi connectivity index (χ3n) is 4.00. The van der Waals surface area contributed by atoms with Crippen molar-refractivity contribution in [3.63, 3.8) is 0 Å². The minimum atomic E-state index is -0.254. The van der Waals surface area contributed by atoms with Gasteiger partial charge in [-0.1, -0.05) is 23.7 Å². The number of rotatable bonds is 4. The molecule has 1 fully saturated rings. The summed E-state index contributed by atoms with van der Waals surface area (Å²) in [6, 6.07) is 13.2. The number of carbonyl (C=O) groups excluding carboxylic acids is 1. The van der Waals surface area contributed by atoms with E-state index in [0.717, 1.165) is 18.4 Å². The minimum absolute atomic E-state index is 0.0506. The molecule has 114 valence electrons. The van der Waals surface area contributed by atoms with E-state index in [4.69, 9.17) is 11.6 Å². The van der Waals surface area contributed by atoms with Crippen LogP contribution in [0.1, 0.15) is 18.4 Å². The molecule has 0 bridgehead atoms. The molecule has 0 radical (unpaired) electrons. The fourth-order valence-electron chi connectivity index (χ4n) is 2.48. The van der Waals surface area contributed by atoms with Gasteiger partial charge in [-0.15, -0.1) is 0 Å². The maximum Gasteiger partial charge on any atom is 0.319 e. The van der Waals surface area contributed by atoms with Gasteiger partial charge in [0.25, 0.3) is 0 Å². The Hall–Kier alpha value is -2.07. The van der Waals surface area contributed by atoms with Gasteiger partial charge in [-0.25, -0.2) is 9.18 Å². The molecule has 2 aromatic carbocycles. The molecule has 5 heteroatoms. The maximum atomic E-state index is 13.0. The van der Waals surface area contributed by atoms with Crippen LogP contribution in [-0.2, 0) is 5.41 Å². The Kier molecular flexibility index (Phi) is 4.03. The topological polar surface area (TPSA) is 41.1 Å². The van der Waals surface area contributed by atoms with Gasteiger partial charge < -0.3 is 10.6 Å². The molecule has 1 saturated carbocycles. The summed E-state index contributed by atoms with van der Waals surface area (Å²) in [4.78, 5) is 11.9. The number of anilines is 1. The fourth-order valence-corrected chi connectivity index (χ4v) is 2.61. The third kappa shape index (κ3) is 3.39. The SMILES string of the molecule is O=C(NCC1(c2ccc(F)cc2)CC1)Nc1ccc(Cl)cc1. The van der Waals surface area contributed by atoms with Crippen molar-refractivity contribution in [3.05, 3.63) is 64.9 Å². The largest absolute Gasteiger partial charge is 0.337 e. The molecule has 0 aliphatic heterocycles. The van der Waals surface area contributed by atoms with Crippen molar-refractivity contribution in [1.29, 1.82) is 0 Å². The Labute approximate surface area is 133 Å². The Morgan fingerprint density at radius 1 is 1.09 bits per heavy atom. The van der Waals surface area contributed by atoms with Crippen LogP contribution in [0.5, 0.6) is 0 Å². The standard InChI is InChI=1S/C17H16ClFN2O/c18-13-3-7-15(8-4-13)21-16(22)20-11-17(9-10-17)12-1-5-14(19)6-2-12/h1-8H,9-11H2,(H2,20,21,22). The zero-order chi connectivity index (χ0) is 15.6. The van der Waals surface area contributed by atoms with Crippen molar-refractivity contribution in [2.24, 2.45) is 0 Å². The molecular formula is C17H16ClFN2O. The van der Waals surface area contributed by atoms with Gasteiger partial charge in [-0.3, -0.25) is 0 Å². The van der Waals surface area contributed by atoms with E-state index in [1.807, 2.05) is 0 Å². The Bertz CT molecular complexity index is 666. The van der Waals surface area contributed by atoms with Crippen molar-refractivity contribution in [2.75, 3.05) is 11.9 Å². The first kappa shape index (κ1) is 14.9. The van der Waals surface area contributed by atoms with Crippen LogP contribution >= 0.6 is 11.6 Å². The average molecular weight is 319 g/mol. The normalized spacial score (nSPS) is 15.2. The van der Waals surface area contributed by atoms with Gasteiger partial charge >= 0.3 is 6.03 Å². The van der Waals surface area contributed by atoms with Crippen molar-refractivity contribution in [3.8, 4) is 0 Å². The summed E-state index contributed by atoms with van der Waals surface area (Å²) in [7, 11) is 0. The second-order valence-corrected chi connectivity index (χ2v) is 6.04. The van der Waals surface area contributed by atoms with E-state index in [-0.39, 0.29) is 17.3 Å². The lowest BCUT2D eigenvalue weighted by atomic mass is 9.96. The van der Waals surface area contributed by atoms with Gasteiger partial charge in [-0.2, -0.15) is 0 Å². The lowest BCUT2D eigenvalue weighted by Crippen LogP contribution is -2.35. The summed E-state index contributed by atoms with van der Waals surface area (Å²) in [5.41, 5.74) is 1.71. The maximum absolute atomic E-state index is 13.0. The zero-order valence-corrected chi connectivity index (χ0v) is 12.7. The summed E-state index contributed by atoms with van der Waals surface area (Å²) in [5, 5.41) is 6.27. The number of carbonyl (C=O) groups is 1. The molecule has 2 aromatic rings. The van der Waals surface area contributed by atoms with Crippen LogP contribution in [0, 0.1) is 5.82 Å². The molecule has 3 nitrogen and oxygen atoms in total. The second-order valence-electron chi connectivity index (χ2n) is 5.60. The summed E-state index contributed by atoms with van der Waals surface area (Å²) >= 11 is 5.80. The van der Waals surface area contributed by atoms with Crippen LogP contribution in [0.2, 0.25) is 5.02 Å². The first-order valence-corrected chi connectivity index (χ1v) is 7.52. The molecule has 3 rings (SSSR count). The first-order valence-electron chi connectivity index (χ1n) is 7.14. The van der Waals surface area contributed by atoms with Gasteiger partial charge in [0, 0.05) is 22.7 Å². The molecule has 22 heavy (non-hydrogen) atoms. The van der Waals surface area contributed by atoms with Crippen LogP contribution in [0.3, 0.4) is 0 Å². The van der Waals surface area contributed by atoms with Crippen LogP contribution in [0.15, 0.2) is 48.5 Å². The summed E-state index contributed by atoms with van der Waals surface area (Å²) in [6.45, 7) is 0.540. The molecule has 0 atom stereocenters. The highest BCUT2D eigenvalue weighted by Crippen LogP contribution is 2.47. The molecule has 1 aliphatic rings. The molecular weight excluding hydrogens is 303 g/mol. The Morgan fingerprint density at radius 3 is 2.32 bits per heavy atom. The van der Waals surface area contributed by atoms with Gasteiger partial charge in [0.05, 0.1) is 0 Å². The molecule has 2 N–H and O–H groups in total. The van der Waals surface area contributed by atoms with Crippen LogP contribution < -0.4 is 10.6 Å². The van der Waals surface area contributed by atoms with Crippen molar-refractivity contribution in [2.45, 2.75) is 18.3 Å². The van der Waals surface area contributed by atoms with E-state index < -0.39 is 0 Å². The summed E-state index contributed by atoms with van der Waals surface area (Å²) in [6.07, 6.45) is 2.00. The van der Waals surface area contributed by atoms with Gasteiger partial charge in [0.1, 0.15) is 5.82 Å². The quantitative estimate of drug-likeness (QED) is 0.865. The van der Waals surface area contributed by atoms with E-state index in [0.29, 0.717) is 17.3 Å². The molecule has 0 unspecified atom stereocenters. The third-order valence-corrected chi connectivity index (χ3v) is 4.25. The smallest absolute Gasteiger partial charge is 0.319 e. The number of hydrogen-bond donors (Lipinski definition) is 2. The van der Waals surface area contributed by atoms with Gasteiger partial charge in [-0.05, 0) is 54.8 Å². The monoisotopic (exact) mass is 318 g/mol. The van der Waals surface area contributed by atoms with Crippen LogP contribution in [-0.4, -0.2) is 12.6 Å². The highest BCUT2D eigenvalue weighted by molar-refractivity contribution is 6.30. The predicted octanol–water partition coefficient (Wildman–Crippen LogP) is 4.33. The number of hydrogen-bond acceptors (Lipinski definition) is 1. The van der Waals surface area contributed by atoms with Crippen molar-refractivity contribution >= 4 is 23.3 Å². The Balaban J connectivity index is 1.56. The van der Waals surface area contributed by atoms with E-state index in [1.165, 1.54) is 12.1 Å². The van der Waals surface area contributed by atoms with Crippen LogP contribution in [0.4, 0.5) is 14.9 Å². The molecule has 1 aliphatic carbocycles. The molecule has 0 saturated heterocycles. The number of benzene rings is 2. The lowest BCUT2D eigenvalue weighted by molar-refractivity contribution is 0.251. The zero-order valence-electron chi connectivity index (χ0n) is 11.9. The van der Waals surface area contributed by atoms with E-state index in [1.54, 1.807) is 36.4 Å². The average Bonchev–Trinajstić information content (AvgIpc) is 3.30. The minimum Gasteiger partial charge on any atom is -0.337 e. The summed E-state index contributed by atoms with van der Waals surface area (Å²) in [5.74, 6) is -0.243. The number of amides is 2. The van der Waals surface area contributed by atoms with Crippen molar-refractivity contribution < 1.29 is 9.18 Å². The van der Waals surface area contributed by atoms with E-state index in [9.17, 15) is 9.18 Å². The number of halogens is 2. The van der Waals surface area contributed by atoms with Gasteiger partial charge in [0.15, 0.2) is 0 Å². The van der Waals surface area contributed by atoms with Crippen LogP contribution in [0.25, 0.3) is 0 Å². The second kappa shape index (κ2) is 5.97. The fraction of sp³-hybridized carbons (Fsp3) is 0.235.